The van der Waals surface area contributed by atoms with Gasteiger partial charge in [0.05, 0.1) is 5.75 Å². The third kappa shape index (κ3) is 8.78. The van der Waals surface area contributed by atoms with Gasteiger partial charge in [-0.15, -0.1) is 0 Å². The van der Waals surface area contributed by atoms with Crippen LogP contribution in [0, 0.1) is 11.3 Å². The topological polar surface area (TPSA) is 63.7 Å². The van der Waals surface area contributed by atoms with Gasteiger partial charge in [0.2, 0.25) is 5.91 Å². The summed E-state index contributed by atoms with van der Waals surface area (Å²) >= 11 is 0. The molecule has 0 bridgehead atoms. The lowest BCUT2D eigenvalue weighted by Gasteiger charge is -2.30. The lowest BCUT2D eigenvalue weighted by molar-refractivity contribution is -0.134. The van der Waals surface area contributed by atoms with Crippen LogP contribution in [0.3, 0.4) is 0 Å². The van der Waals surface area contributed by atoms with E-state index in [1.165, 1.54) is 6.92 Å². The van der Waals surface area contributed by atoms with Gasteiger partial charge in [0.25, 0.3) is 0 Å². The van der Waals surface area contributed by atoms with Gasteiger partial charge in [-0.05, 0) is 56.2 Å². The first-order valence-electron chi connectivity index (χ1n) is 9.63. The Morgan fingerprint density at radius 1 is 1.11 bits per heavy atom. The molecule has 27 heavy (non-hydrogen) atoms. The Bertz CT molecular complexity index is 703. The zero-order chi connectivity index (χ0) is 20.8. The highest BCUT2D eigenvalue weighted by Gasteiger charge is 2.22. The molecular formula is C21H35NO4S. The number of benzene rings is 1. The molecular weight excluding hydrogens is 362 g/mol. The van der Waals surface area contributed by atoms with Crippen molar-refractivity contribution in [2.24, 2.45) is 11.3 Å². The molecule has 0 aliphatic heterocycles. The van der Waals surface area contributed by atoms with Gasteiger partial charge in [0.15, 0.2) is 0 Å². The van der Waals surface area contributed by atoms with E-state index in [2.05, 4.69) is 27.7 Å². The molecule has 1 aromatic rings. The Balaban J connectivity index is 2.78. The number of rotatable bonds is 9. The third-order valence-electron chi connectivity index (χ3n) is 4.28. The second-order valence-corrected chi connectivity index (χ2v) is 10.6. The van der Waals surface area contributed by atoms with Crippen molar-refractivity contribution >= 4 is 16.0 Å². The summed E-state index contributed by atoms with van der Waals surface area (Å²) < 4.78 is 28.1. The van der Waals surface area contributed by atoms with Gasteiger partial charge in [0, 0.05) is 19.0 Å². The molecule has 0 N–H and O–H groups in total. The van der Waals surface area contributed by atoms with Crippen molar-refractivity contribution < 1.29 is 17.4 Å². The fourth-order valence-electron chi connectivity index (χ4n) is 3.14. The SMILES string of the molecule is CCS(=O)(=O)Oc1ccc(CN(C(=O)C[C@H](C)CC(C)(C)C)C(C)C)cc1. The second-order valence-electron chi connectivity index (χ2n) is 8.76. The predicted octanol–water partition coefficient (Wildman–Crippen LogP) is 4.61. The molecule has 0 fully saturated rings. The average molecular weight is 398 g/mol. The predicted molar refractivity (Wildman–Crippen MR) is 110 cm³/mol. The number of carbonyl (C=O) groups is 1. The van der Waals surface area contributed by atoms with E-state index in [9.17, 15) is 13.2 Å². The molecule has 0 spiro atoms. The maximum Gasteiger partial charge on any atom is 0.308 e. The van der Waals surface area contributed by atoms with E-state index < -0.39 is 10.1 Å². The number of amides is 1. The molecule has 0 unspecified atom stereocenters. The molecule has 1 atom stereocenters. The quantitative estimate of drug-likeness (QED) is 0.571. The first-order chi connectivity index (χ1) is 12.3. The summed E-state index contributed by atoms with van der Waals surface area (Å²) in [4.78, 5) is 14.7. The summed E-state index contributed by atoms with van der Waals surface area (Å²) in [7, 11) is -3.53. The highest BCUT2D eigenvalue weighted by atomic mass is 32.2. The number of carbonyl (C=O) groups excluding carboxylic acids is 1. The summed E-state index contributed by atoms with van der Waals surface area (Å²) in [6.07, 6.45) is 1.54. The Morgan fingerprint density at radius 3 is 2.11 bits per heavy atom. The van der Waals surface area contributed by atoms with Gasteiger partial charge in [-0.2, -0.15) is 8.42 Å². The first kappa shape index (κ1) is 23.5. The van der Waals surface area contributed by atoms with Crippen molar-refractivity contribution in [1.29, 1.82) is 0 Å². The highest BCUT2D eigenvalue weighted by molar-refractivity contribution is 7.87. The maximum absolute atomic E-state index is 12.8. The van der Waals surface area contributed by atoms with Crippen LogP contribution in [-0.4, -0.2) is 31.0 Å². The van der Waals surface area contributed by atoms with Gasteiger partial charge in [-0.3, -0.25) is 4.79 Å². The minimum Gasteiger partial charge on any atom is -0.382 e. The molecule has 0 heterocycles. The zero-order valence-electron chi connectivity index (χ0n) is 17.8. The van der Waals surface area contributed by atoms with Crippen LogP contribution in [-0.2, 0) is 21.5 Å². The van der Waals surface area contributed by atoms with Crippen LogP contribution in [0.15, 0.2) is 24.3 Å². The van der Waals surface area contributed by atoms with Crippen molar-refractivity contribution in [1.82, 2.24) is 4.90 Å². The molecule has 0 aliphatic carbocycles. The highest BCUT2D eigenvalue weighted by Crippen LogP contribution is 2.27. The Hall–Kier alpha value is -1.56. The first-order valence-corrected chi connectivity index (χ1v) is 11.2. The summed E-state index contributed by atoms with van der Waals surface area (Å²) in [5.41, 5.74) is 1.15. The second kappa shape index (κ2) is 9.58. The molecule has 0 radical (unpaired) electrons. The molecule has 5 nitrogen and oxygen atoms in total. The van der Waals surface area contributed by atoms with Crippen molar-refractivity contribution in [3.05, 3.63) is 29.8 Å². The summed E-state index contributed by atoms with van der Waals surface area (Å²) in [6.45, 7) is 14.8. The van der Waals surface area contributed by atoms with E-state index in [1.807, 2.05) is 30.9 Å². The Kier molecular flexibility index (Phi) is 8.33. The van der Waals surface area contributed by atoms with E-state index >= 15 is 0 Å². The molecule has 0 aromatic heterocycles. The van der Waals surface area contributed by atoms with Crippen LogP contribution < -0.4 is 4.18 Å². The van der Waals surface area contributed by atoms with Crippen LogP contribution in [0.1, 0.15) is 66.9 Å². The monoisotopic (exact) mass is 397 g/mol. The number of hydrogen-bond acceptors (Lipinski definition) is 4. The zero-order valence-corrected chi connectivity index (χ0v) is 18.6. The lowest BCUT2D eigenvalue weighted by atomic mass is 9.84. The molecule has 0 aliphatic rings. The van der Waals surface area contributed by atoms with Crippen LogP contribution in [0.25, 0.3) is 0 Å². The molecule has 1 aromatic carbocycles. The molecule has 1 amide bonds. The minimum absolute atomic E-state index is 0.0723. The Morgan fingerprint density at radius 2 is 1.67 bits per heavy atom. The van der Waals surface area contributed by atoms with E-state index in [4.69, 9.17) is 4.18 Å². The smallest absolute Gasteiger partial charge is 0.308 e. The standard InChI is InChI=1S/C21H35NO4S/c1-8-27(24,25)26-19-11-9-18(10-12-19)15-22(16(2)3)20(23)13-17(4)14-21(5,6)7/h9-12,16-17H,8,13-15H2,1-7H3/t17-/m0/s1. The number of nitrogens with zero attached hydrogens (tertiary/aromatic N) is 1. The summed E-state index contributed by atoms with van der Waals surface area (Å²) in [6, 6.07) is 6.97. The van der Waals surface area contributed by atoms with Gasteiger partial charge >= 0.3 is 10.1 Å². The van der Waals surface area contributed by atoms with E-state index in [-0.39, 0.29) is 23.1 Å². The molecule has 0 saturated carbocycles. The lowest BCUT2D eigenvalue weighted by Crippen LogP contribution is -2.37. The van der Waals surface area contributed by atoms with Crippen LogP contribution in [0.5, 0.6) is 5.75 Å². The average Bonchev–Trinajstić information content (AvgIpc) is 2.51. The summed E-state index contributed by atoms with van der Waals surface area (Å²) in [5, 5.41) is 0. The van der Waals surface area contributed by atoms with Crippen LogP contribution in [0.2, 0.25) is 0 Å². The number of hydrogen-bond donors (Lipinski definition) is 0. The van der Waals surface area contributed by atoms with Crippen molar-refractivity contribution in [3.8, 4) is 5.75 Å². The molecule has 0 saturated heterocycles. The largest absolute Gasteiger partial charge is 0.382 e. The third-order valence-corrected chi connectivity index (χ3v) is 5.43. The van der Waals surface area contributed by atoms with Gasteiger partial charge in [-0.1, -0.05) is 39.8 Å². The molecule has 6 heteroatoms. The van der Waals surface area contributed by atoms with Gasteiger partial charge in [0.1, 0.15) is 5.75 Å². The maximum atomic E-state index is 12.8. The Labute approximate surface area is 165 Å². The van der Waals surface area contributed by atoms with E-state index in [1.54, 1.807) is 12.1 Å². The fraction of sp³-hybridized carbons (Fsp3) is 0.667. The summed E-state index contributed by atoms with van der Waals surface area (Å²) in [5.74, 6) is 0.697. The van der Waals surface area contributed by atoms with E-state index in [0.717, 1.165) is 12.0 Å². The fourth-order valence-corrected chi connectivity index (χ4v) is 3.67. The van der Waals surface area contributed by atoms with Gasteiger partial charge < -0.3 is 9.08 Å². The van der Waals surface area contributed by atoms with Gasteiger partial charge in [-0.25, -0.2) is 0 Å². The van der Waals surface area contributed by atoms with Crippen molar-refractivity contribution in [2.45, 2.75) is 73.9 Å². The minimum atomic E-state index is -3.53. The van der Waals surface area contributed by atoms with Crippen molar-refractivity contribution in [2.75, 3.05) is 5.75 Å². The van der Waals surface area contributed by atoms with Crippen LogP contribution in [0.4, 0.5) is 0 Å². The van der Waals surface area contributed by atoms with Crippen LogP contribution >= 0.6 is 0 Å². The van der Waals surface area contributed by atoms with Crippen molar-refractivity contribution in [3.63, 3.8) is 0 Å². The van der Waals surface area contributed by atoms with E-state index in [0.29, 0.717) is 24.6 Å². The molecule has 1 rings (SSSR count). The normalized spacial score (nSPS) is 13.5. The molecule has 154 valence electrons.